The highest BCUT2D eigenvalue weighted by Crippen LogP contribution is 2.32. The van der Waals surface area contributed by atoms with E-state index < -0.39 is 0 Å². The number of piperidine rings is 1. The van der Waals surface area contributed by atoms with Crippen LogP contribution in [0.5, 0.6) is 0 Å². The van der Waals surface area contributed by atoms with Crippen LogP contribution in [-0.2, 0) is 4.79 Å². The molecule has 1 amide bonds. The highest BCUT2D eigenvalue weighted by atomic mass is 16.1. The molecule has 4 nitrogen and oxygen atoms in total. The summed E-state index contributed by atoms with van der Waals surface area (Å²) in [4.78, 5) is 13.3. The standard InChI is InChI=1S/C10H19N3O/c11-9(14)6-10(12)4-1-5-13(7-10)8-2-3-8/h8H,1-7,12H2,(H2,11,14). The Kier molecular flexibility index (Phi) is 2.49. The van der Waals surface area contributed by atoms with Crippen LogP contribution in [0.2, 0.25) is 0 Å². The fourth-order valence-electron chi connectivity index (χ4n) is 2.44. The molecule has 0 aromatic carbocycles. The Labute approximate surface area is 84.6 Å². The van der Waals surface area contributed by atoms with Crippen molar-refractivity contribution in [2.75, 3.05) is 13.1 Å². The van der Waals surface area contributed by atoms with Gasteiger partial charge in [0.1, 0.15) is 0 Å². The normalized spacial score (nSPS) is 34.4. The van der Waals surface area contributed by atoms with Gasteiger partial charge in [0.15, 0.2) is 0 Å². The number of carbonyl (C=O) groups excluding carboxylic acids is 1. The van der Waals surface area contributed by atoms with Crippen molar-refractivity contribution >= 4 is 5.91 Å². The van der Waals surface area contributed by atoms with Gasteiger partial charge in [0, 0.05) is 24.5 Å². The van der Waals surface area contributed by atoms with Crippen LogP contribution in [-0.4, -0.2) is 35.5 Å². The van der Waals surface area contributed by atoms with E-state index in [0.717, 1.165) is 32.0 Å². The van der Waals surface area contributed by atoms with E-state index in [0.29, 0.717) is 6.42 Å². The minimum absolute atomic E-state index is 0.273. The smallest absolute Gasteiger partial charge is 0.219 e. The third-order valence-corrected chi connectivity index (χ3v) is 3.23. The third-order valence-electron chi connectivity index (χ3n) is 3.23. The number of carbonyl (C=O) groups is 1. The second kappa shape index (κ2) is 3.51. The second-order valence-corrected chi connectivity index (χ2v) is 4.81. The van der Waals surface area contributed by atoms with E-state index in [-0.39, 0.29) is 11.4 Å². The van der Waals surface area contributed by atoms with Crippen LogP contribution in [0, 0.1) is 0 Å². The highest BCUT2D eigenvalue weighted by molar-refractivity contribution is 5.75. The van der Waals surface area contributed by atoms with E-state index in [9.17, 15) is 4.79 Å². The molecular weight excluding hydrogens is 178 g/mol. The van der Waals surface area contributed by atoms with Crippen molar-refractivity contribution in [3.05, 3.63) is 0 Å². The maximum Gasteiger partial charge on any atom is 0.219 e. The maximum atomic E-state index is 10.9. The molecule has 1 saturated heterocycles. The molecule has 1 heterocycles. The molecule has 80 valence electrons. The van der Waals surface area contributed by atoms with E-state index in [4.69, 9.17) is 11.5 Å². The number of primary amides is 1. The predicted octanol–water partition coefficient (Wildman–Crippen LogP) is -0.183. The van der Waals surface area contributed by atoms with Crippen LogP contribution in [0.1, 0.15) is 32.1 Å². The molecule has 1 saturated carbocycles. The number of nitrogens with zero attached hydrogens (tertiary/aromatic N) is 1. The van der Waals surface area contributed by atoms with Crippen LogP contribution in [0.4, 0.5) is 0 Å². The summed E-state index contributed by atoms with van der Waals surface area (Å²) in [7, 11) is 0. The fraction of sp³-hybridized carbons (Fsp3) is 0.900. The van der Waals surface area contributed by atoms with E-state index in [1.807, 2.05) is 0 Å². The van der Waals surface area contributed by atoms with Gasteiger partial charge in [0.25, 0.3) is 0 Å². The molecule has 2 fully saturated rings. The van der Waals surface area contributed by atoms with Gasteiger partial charge in [-0.1, -0.05) is 0 Å². The fourth-order valence-corrected chi connectivity index (χ4v) is 2.44. The Morgan fingerprint density at radius 2 is 2.21 bits per heavy atom. The molecule has 0 bridgehead atoms. The van der Waals surface area contributed by atoms with Gasteiger partial charge in [-0.2, -0.15) is 0 Å². The van der Waals surface area contributed by atoms with Crippen molar-refractivity contribution in [2.24, 2.45) is 11.5 Å². The van der Waals surface area contributed by atoms with Gasteiger partial charge in [-0.15, -0.1) is 0 Å². The Balaban J connectivity index is 1.93. The van der Waals surface area contributed by atoms with Crippen molar-refractivity contribution in [1.82, 2.24) is 4.90 Å². The lowest BCUT2D eigenvalue weighted by atomic mass is 9.86. The van der Waals surface area contributed by atoms with E-state index in [1.165, 1.54) is 12.8 Å². The predicted molar refractivity (Wildman–Crippen MR) is 54.6 cm³/mol. The van der Waals surface area contributed by atoms with Crippen molar-refractivity contribution in [2.45, 2.75) is 43.7 Å². The monoisotopic (exact) mass is 197 g/mol. The first-order valence-electron chi connectivity index (χ1n) is 5.40. The molecule has 4 heteroatoms. The summed E-state index contributed by atoms with van der Waals surface area (Å²) >= 11 is 0. The Morgan fingerprint density at radius 3 is 2.79 bits per heavy atom. The number of hydrogen-bond donors (Lipinski definition) is 2. The van der Waals surface area contributed by atoms with E-state index in [1.54, 1.807) is 0 Å². The summed E-state index contributed by atoms with van der Waals surface area (Å²) in [6.07, 6.45) is 4.95. The molecule has 1 aliphatic carbocycles. The molecular formula is C10H19N3O. The zero-order chi connectivity index (χ0) is 10.2. The lowest BCUT2D eigenvalue weighted by molar-refractivity contribution is -0.119. The lowest BCUT2D eigenvalue weighted by Crippen LogP contribution is -2.56. The Bertz CT molecular complexity index is 240. The molecule has 0 aromatic heterocycles. The van der Waals surface area contributed by atoms with Crippen molar-refractivity contribution in [3.63, 3.8) is 0 Å². The third kappa shape index (κ3) is 2.25. The quantitative estimate of drug-likeness (QED) is 0.659. The summed E-state index contributed by atoms with van der Waals surface area (Å²) in [5.74, 6) is -0.273. The lowest BCUT2D eigenvalue weighted by Gasteiger charge is -2.39. The molecule has 1 unspecified atom stereocenters. The molecule has 2 rings (SSSR count). The van der Waals surface area contributed by atoms with Gasteiger partial charge >= 0.3 is 0 Å². The molecule has 0 radical (unpaired) electrons. The first-order valence-corrected chi connectivity index (χ1v) is 5.40. The summed E-state index contributed by atoms with van der Waals surface area (Å²) in [6.45, 7) is 1.99. The molecule has 2 aliphatic rings. The van der Waals surface area contributed by atoms with Gasteiger partial charge in [-0.05, 0) is 32.2 Å². The number of likely N-dealkylation sites (tertiary alicyclic amines) is 1. The summed E-state index contributed by atoms with van der Waals surface area (Å²) in [5.41, 5.74) is 11.0. The minimum atomic E-state index is -0.354. The zero-order valence-electron chi connectivity index (χ0n) is 8.54. The van der Waals surface area contributed by atoms with Crippen molar-refractivity contribution < 1.29 is 4.79 Å². The first-order chi connectivity index (χ1) is 6.59. The highest BCUT2D eigenvalue weighted by Gasteiger charge is 2.38. The molecule has 1 aliphatic heterocycles. The number of rotatable bonds is 3. The molecule has 0 aromatic rings. The van der Waals surface area contributed by atoms with Gasteiger partial charge in [-0.3, -0.25) is 9.69 Å². The summed E-state index contributed by atoms with van der Waals surface area (Å²) < 4.78 is 0. The maximum absolute atomic E-state index is 10.9. The largest absolute Gasteiger partial charge is 0.370 e. The summed E-state index contributed by atoms with van der Waals surface area (Å²) in [5, 5.41) is 0. The Morgan fingerprint density at radius 1 is 1.50 bits per heavy atom. The van der Waals surface area contributed by atoms with Crippen LogP contribution in [0.15, 0.2) is 0 Å². The molecule has 4 N–H and O–H groups in total. The number of nitrogens with two attached hydrogens (primary N) is 2. The minimum Gasteiger partial charge on any atom is -0.370 e. The second-order valence-electron chi connectivity index (χ2n) is 4.81. The average Bonchev–Trinajstić information content (AvgIpc) is 2.83. The van der Waals surface area contributed by atoms with Gasteiger partial charge in [0.2, 0.25) is 5.91 Å². The zero-order valence-corrected chi connectivity index (χ0v) is 8.54. The van der Waals surface area contributed by atoms with E-state index in [2.05, 4.69) is 4.90 Å². The van der Waals surface area contributed by atoms with Crippen LogP contribution in [0.3, 0.4) is 0 Å². The average molecular weight is 197 g/mol. The van der Waals surface area contributed by atoms with Crippen LogP contribution < -0.4 is 11.5 Å². The van der Waals surface area contributed by atoms with Crippen molar-refractivity contribution in [1.29, 1.82) is 0 Å². The SMILES string of the molecule is NC(=O)CC1(N)CCCN(C2CC2)C1. The van der Waals surface area contributed by atoms with Crippen LogP contribution >= 0.6 is 0 Å². The Hall–Kier alpha value is -0.610. The van der Waals surface area contributed by atoms with Gasteiger partial charge in [-0.25, -0.2) is 0 Å². The molecule has 1 atom stereocenters. The van der Waals surface area contributed by atoms with E-state index >= 15 is 0 Å². The van der Waals surface area contributed by atoms with Gasteiger partial charge in [0.05, 0.1) is 0 Å². The molecule has 0 spiro atoms. The van der Waals surface area contributed by atoms with Crippen molar-refractivity contribution in [3.8, 4) is 0 Å². The van der Waals surface area contributed by atoms with Crippen LogP contribution in [0.25, 0.3) is 0 Å². The summed E-state index contributed by atoms with van der Waals surface area (Å²) in [6, 6.07) is 0.742. The number of amides is 1. The van der Waals surface area contributed by atoms with Gasteiger partial charge < -0.3 is 11.5 Å². The topological polar surface area (TPSA) is 72.3 Å². The first kappa shape index (κ1) is 9.93. The molecule has 14 heavy (non-hydrogen) atoms. The number of hydrogen-bond acceptors (Lipinski definition) is 3.